The number of nitriles is 3. The molecule has 0 aromatic rings. The Morgan fingerprint density at radius 1 is 0.769 bits per heavy atom. The summed E-state index contributed by atoms with van der Waals surface area (Å²) in [5, 5.41) is 24.3. The van der Waals surface area contributed by atoms with Crippen LogP contribution in [0.5, 0.6) is 0 Å². The Bertz CT molecular complexity index is 301. The summed E-state index contributed by atoms with van der Waals surface area (Å²) in [5.74, 6) is 0. The number of halogens is 3. The third-order valence-corrected chi connectivity index (χ3v) is 3.83. The van der Waals surface area contributed by atoms with E-state index in [0.29, 0.717) is 0 Å². The van der Waals surface area contributed by atoms with E-state index in [1.807, 2.05) is 0 Å². The molecule has 13 heavy (non-hydrogen) atoms. The summed E-state index contributed by atoms with van der Waals surface area (Å²) >= 11 is 15.9. The quantitative estimate of drug-likeness (QED) is 0.573. The Kier molecular flexibility index (Phi) is 2.66. The number of hydrogen-bond acceptors (Lipinski definition) is 6. The van der Waals surface area contributed by atoms with Crippen LogP contribution in [0.4, 0.5) is 0 Å². The topological polar surface area (TPSA) is 99.1 Å². The van der Waals surface area contributed by atoms with Crippen LogP contribution in [0.1, 0.15) is 0 Å². The van der Waals surface area contributed by atoms with E-state index in [0.717, 1.165) is 18.8 Å². The van der Waals surface area contributed by atoms with Crippen LogP contribution >= 0.6 is 38.4 Å². The third-order valence-electron chi connectivity index (χ3n) is 0.657. The second kappa shape index (κ2) is 2.84. The Balaban J connectivity index is 5.30. The molecule has 0 amide bonds. The second-order valence-corrected chi connectivity index (χ2v) is 12.5. The molecule has 0 saturated carbocycles. The third kappa shape index (κ3) is 3.19. The summed E-state index contributed by atoms with van der Waals surface area (Å²) in [6.45, 7) is 0. The van der Waals surface area contributed by atoms with Gasteiger partial charge in [0.2, 0.25) is 0 Å². The first kappa shape index (κ1) is 12.2. The number of hydrogen-bond donors (Lipinski definition) is 0. The Morgan fingerprint density at radius 3 is 1.15 bits per heavy atom. The zero-order valence-corrected chi connectivity index (χ0v) is 8.81. The molecule has 0 atom stereocenters. The van der Waals surface area contributed by atoms with Crippen molar-refractivity contribution in [1.29, 1.82) is 15.8 Å². The van der Waals surface area contributed by atoms with Gasteiger partial charge in [0.25, 0.3) is 0 Å². The SMILES string of the molecule is N#CO[P-](Cl)(Cl)(Cl)(OC#N)OC#N. The molecule has 0 bridgehead atoms. The zero-order valence-electron chi connectivity index (χ0n) is 5.65. The van der Waals surface area contributed by atoms with Crippen molar-refractivity contribution in [2.24, 2.45) is 0 Å². The van der Waals surface area contributed by atoms with Gasteiger partial charge in [-0.3, -0.25) is 0 Å². The van der Waals surface area contributed by atoms with E-state index in [9.17, 15) is 0 Å². The number of rotatable bonds is 3. The normalized spacial score (nSPS) is 14.8. The van der Waals surface area contributed by atoms with Gasteiger partial charge in [0.15, 0.2) is 0 Å². The number of nitrogens with zero attached hydrogens (tertiary/aromatic N) is 3. The molecule has 0 aromatic heterocycles. The van der Waals surface area contributed by atoms with Crippen LogP contribution < -0.4 is 0 Å². The van der Waals surface area contributed by atoms with Gasteiger partial charge in [0.05, 0.1) is 0 Å². The van der Waals surface area contributed by atoms with E-state index in [1.165, 1.54) is 0 Å². The molecule has 0 aliphatic carbocycles. The van der Waals surface area contributed by atoms with Crippen molar-refractivity contribution in [2.45, 2.75) is 0 Å². The molecule has 0 unspecified atom stereocenters. The fourth-order valence-corrected chi connectivity index (χ4v) is 1.72. The zero-order chi connectivity index (χ0) is 10.7. The van der Waals surface area contributed by atoms with Crippen molar-refractivity contribution in [3.8, 4) is 18.8 Å². The van der Waals surface area contributed by atoms with E-state index < -0.39 is 4.68 Å². The van der Waals surface area contributed by atoms with Crippen molar-refractivity contribution in [3.05, 3.63) is 0 Å². The van der Waals surface area contributed by atoms with E-state index in [2.05, 4.69) is 13.6 Å². The van der Waals surface area contributed by atoms with E-state index in [-0.39, 0.29) is 0 Å². The molecule has 0 N–H and O–H groups in total. The van der Waals surface area contributed by atoms with Gasteiger partial charge < -0.3 is 0 Å². The van der Waals surface area contributed by atoms with Crippen molar-refractivity contribution >= 4 is 38.4 Å². The molecule has 0 fully saturated rings. The van der Waals surface area contributed by atoms with Crippen LogP contribution in [0.3, 0.4) is 0 Å². The Labute approximate surface area is 86.8 Å². The summed E-state index contributed by atoms with van der Waals surface area (Å²) in [4.78, 5) is 0. The standard InChI is InChI=1S/C3Cl3N3O3P/c4-13(5,6,10-1-7,11-2-8)12-3-9/q-1. The van der Waals surface area contributed by atoms with Crippen LogP contribution in [0.2, 0.25) is 0 Å². The van der Waals surface area contributed by atoms with Gasteiger partial charge in [-0.2, -0.15) is 0 Å². The molecular formula is C3Cl3N3O3P-. The van der Waals surface area contributed by atoms with Crippen molar-refractivity contribution in [1.82, 2.24) is 0 Å². The fraction of sp³-hybridized carbons (Fsp3) is 0. The van der Waals surface area contributed by atoms with Gasteiger partial charge in [-0.25, -0.2) is 0 Å². The van der Waals surface area contributed by atoms with Crippen molar-refractivity contribution in [2.75, 3.05) is 0 Å². The first-order valence-electron chi connectivity index (χ1n) is 2.34. The van der Waals surface area contributed by atoms with Gasteiger partial charge >= 0.3 is 86.5 Å². The summed E-state index contributed by atoms with van der Waals surface area (Å²) in [6.07, 6.45) is 2.91. The molecule has 0 spiro atoms. The van der Waals surface area contributed by atoms with Crippen LogP contribution in [0, 0.1) is 34.6 Å². The van der Waals surface area contributed by atoms with Crippen LogP contribution in [-0.2, 0) is 13.6 Å². The van der Waals surface area contributed by atoms with E-state index >= 15 is 0 Å². The summed E-state index contributed by atoms with van der Waals surface area (Å²) in [7, 11) is 0. The Morgan fingerprint density at radius 2 is 1.00 bits per heavy atom. The van der Waals surface area contributed by atoms with Crippen molar-refractivity contribution < 1.29 is 13.6 Å². The molecule has 0 saturated heterocycles. The minimum atomic E-state index is -6.04. The summed E-state index contributed by atoms with van der Waals surface area (Å²) < 4.78 is 5.76. The first-order valence-corrected chi connectivity index (χ1v) is 7.49. The van der Waals surface area contributed by atoms with E-state index in [4.69, 9.17) is 49.5 Å². The average molecular weight is 263 g/mol. The Hall–Kier alpha value is -0.830. The molecule has 0 aliphatic rings. The summed E-state index contributed by atoms with van der Waals surface area (Å²) in [5.41, 5.74) is 0. The molecule has 6 nitrogen and oxygen atoms in total. The van der Waals surface area contributed by atoms with Crippen LogP contribution in [-0.4, -0.2) is 0 Å². The predicted octanol–water partition coefficient (Wildman–Crippen LogP) is 2.77. The van der Waals surface area contributed by atoms with Gasteiger partial charge in [-0.1, -0.05) is 0 Å². The maximum atomic E-state index is 8.12. The first-order chi connectivity index (χ1) is 5.71. The monoisotopic (exact) mass is 262 g/mol. The van der Waals surface area contributed by atoms with E-state index in [1.54, 1.807) is 0 Å². The molecular weight excluding hydrogens is 263 g/mol. The molecule has 10 heteroatoms. The fourth-order valence-electron chi connectivity index (χ4n) is 0.295. The minimum absolute atomic E-state index is 0.972. The predicted molar refractivity (Wildman–Crippen MR) is 44.6 cm³/mol. The van der Waals surface area contributed by atoms with Crippen LogP contribution in [0.25, 0.3) is 0 Å². The van der Waals surface area contributed by atoms with Crippen molar-refractivity contribution in [3.63, 3.8) is 0 Å². The molecule has 0 radical (unpaired) electrons. The van der Waals surface area contributed by atoms with Gasteiger partial charge in [-0.05, 0) is 0 Å². The molecule has 72 valence electrons. The molecule has 0 heterocycles. The van der Waals surface area contributed by atoms with Gasteiger partial charge in [0, 0.05) is 0 Å². The van der Waals surface area contributed by atoms with Crippen LogP contribution in [0.15, 0.2) is 0 Å². The average Bonchev–Trinajstić information content (AvgIpc) is 1.84. The summed E-state index contributed by atoms with van der Waals surface area (Å²) in [6, 6.07) is 0. The molecule has 0 rings (SSSR count). The van der Waals surface area contributed by atoms with Gasteiger partial charge in [0.1, 0.15) is 0 Å². The maximum absolute atomic E-state index is 8.12. The second-order valence-electron chi connectivity index (χ2n) is 1.58. The molecule has 0 aromatic carbocycles. The molecule has 0 aliphatic heterocycles. The van der Waals surface area contributed by atoms with Gasteiger partial charge in [-0.15, -0.1) is 0 Å².